The highest BCUT2D eigenvalue weighted by atomic mass is 16.7. The van der Waals surface area contributed by atoms with Crippen LogP contribution in [0.1, 0.15) is 63.2 Å². The van der Waals surface area contributed by atoms with Crippen molar-refractivity contribution in [1.82, 2.24) is 0 Å². The van der Waals surface area contributed by atoms with Crippen molar-refractivity contribution >= 4 is 17.5 Å². The van der Waals surface area contributed by atoms with Gasteiger partial charge in [0.15, 0.2) is 17.3 Å². The van der Waals surface area contributed by atoms with E-state index in [9.17, 15) is 14.4 Å². The topological polar surface area (TPSA) is 78.9 Å². The standard InChI is InChI=1S/C29H32O6/c1-16(30)21-7-8-22-20-6-5-18-13-19(31)10-11-28(18,2)26(20)25(14-29(21,22)3)35-27(32)17-4-9-23-24(12-17)34-15-33-23/h4-6,9,12-13,20-22,25-26H,7-8,10-11,14-15H2,1-3H3/t20-,21+,22-,25-,26-,28+,29+/m0/s1. The van der Waals surface area contributed by atoms with Crippen molar-refractivity contribution in [3.63, 3.8) is 0 Å². The summed E-state index contributed by atoms with van der Waals surface area (Å²) in [6.45, 7) is 6.29. The highest BCUT2D eigenvalue weighted by molar-refractivity contribution is 5.92. The zero-order valence-electron chi connectivity index (χ0n) is 20.5. The fourth-order valence-electron chi connectivity index (χ4n) is 8.10. The molecule has 6 nitrogen and oxygen atoms in total. The number of ketones is 2. The van der Waals surface area contributed by atoms with Crippen LogP contribution < -0.4 is 9.47 Å². The van der Waals surface area contributed by atoms with Gasteiger partial charge in [-0.05, 0) is 85.1 Å². The lowest BCUT2D eigenvalue weighted by molar-refractivity contribution is -0.135. The summed E-state index contributed by atoms with van der Waals surface area (Å²) in [4.78, 5) is 38.4. The van der Waals surface area contributed by atoms with Crippen LogP contribution in [-0.4, -0.2) is 30.4 Å². The number of rotatable bonds is 3. The lowest BCUT2D eigenvalue weighted by Gasteiger charge is -2.58. The molecule has 1 heterocycles. The maximum absolute atomic E-state index is 13.4. The molecule has 1 aromatic carbocycles. The summed E-state index contributed by atoms with van der Waals surface area (Å²) in [5.74, 6) is 1.76. The molecule has 1 aliphatic heterocycles. The van der Waals surface area contributed by atoms with E-state index in [1.807, 2.05) is 0 Å². The monoisotopic (exact) mass is 476 g/mol. The summed E-state index contributed by atoms with van der Waals surface area (Å²) < 4.78 is 17.2. The van der Waals surface area contributed by atoms with Crippen LogP contribution in [0.2, 0.25) is 0 Å². The first kappa shape index (κ1) is 22.6. The SMILES string of the molecule is CC(=O)[C@H]1CC[C@H]2[C@@H]3C=CC4=CC(=O)CC[C@@]4(C)[C@@H]3[C@@H](OC(=O)c3ccc4c(c3)OCO4)C[C@]12C. The van der Waals surface area contributed by atoms with Gasteiger partial charge in [-0.3, -0.25) is 9.59 Å². The number of carbonyl (C=O) groups is 3. The van der Waals surface area contributed by atoms with Crippen LogP contribution in [0.4, 0.5) is 0 Å². The van der Waals surface area contributed by atoms with E-state index in [0.717, 1.165) is 24.8 Å². The number of allylic oxidation sites excluding steroid dienone is 4. The maximum Gasteiger partial charge on any atom is 0.338 e. The van der Waals surface area contributed by atoms with E-state index in [1.54, 1.807) is 31.2 Å². The first-order valence-corrected chi connectivity index (χ1v) is 12.7. The van der Waals surface area contributed by atoms with E-state index in [-0.39, 0.29) is 59.0 Å². The Morgan fingerprint density at radius 2 is 1.91 bits per heavy atom. The molecule has 0 bridgehead atoms. The Morgan fingerprint density at radius 1 is 1.11 bits per heavy atom. The number of carbonyl (C=O) groups excluding carboxylic acids is 3. The Labute approximate surface area is 205 Å². The predicted octanol–water partition coefficient (Wildman–Crippen LogP) is 5.06. The Kier molecular flexibility index (Phi) is 5.03. The van der Waals surface area contributed by atoms with Gasteiger partial charge in [-0.2, -0.15) is 0 Å². The molecule has 0 N–H and O–H groups in total. The number of Topliss-reactive ketones (excluding diaryl/α,β-unsaturated/α-hetero) is 1. The average Bonchev–Trinajstić information content (AvgIpc) is 3.42. The van der Waals surface area contributed by atoms with Crippen molar-refractivity contribution in [1.29, 1.82) is 0 Å². The van der Waals surface area contributed by atoms with Gasteiger partial charge in [-0.1, -0.05) is 26.0 Å². The molecule has 1 aromatic rings. The second-order valence-electron chi connectivity index (χ2n) is 11.5. The van der Waals surface area contributed by atoms with Gasteiger partial charge < -0.3 is 14.2 Å². The van der Waals surface area contributed by atoms with Crippen LogP contribution in [0.3, 0.4) is 0 Å². The molecule has 6 heteroatoms. The Balaban J connectivity index is 1.39. The number of benzene rings is 1. The van der Waals surface area contributed by atoms with E-state index in [1.165, 1.54) is 0 Å². The van der Waals surface area contributed by atoms with E-state index >= 15 is 0 Å². The molecule has 0 unspecified atom stereocenters. The summed E-state index contributed by atoms with van der Waals surface area (Å²) in [7, 11) is 0. The van der Waals surface area contributed by atoms with Gasteiger partial charge in [0.1, 0.15) is 11.9 Å². The minimum atomic E-state index is -0.387. The number of ether oxygens (including phenoxy) is 3. The fraction of sp³-hybridized carbons (Fsp3) is 0.552. The van der Waals surface area contributed by atoms with Crippen molar-refractivity contribution in [3.8, 4) is 11.5 Å². The molecular weight excluding hydrogens is 444 g/mol. The zero-order valence-corrected chi connectivity index (χ0v) is 20.5. The van der Waals surface area contributed by atoms with E-state index in [4.69, 9.17) is 14.2 Å². The molecule has 0 radical (unpaired) electrons. The quantitative estimate of drug-likeness (QED) is 0.567. The lowest BCUT2D eigenvalue weighted by Crippen LogP contribution is -2.56. The third-order valence-electron chi connectivity index (χ3n) is 9.79. The molecule has 0 aromatic heterocycles. The molecule has 2 fully saturated rings. The van der Waals surface area contributed by atoms with Crippen LogP contribution in [0.5, 0.6) is 11.5 Å². The molecular formula is C29H32O6. The third-order valence-corrected chi connectivity index (χ3v) is 9.79. The molecule has 0 spiro atoms. The van der Waals surface area contributed by atoms with Crippen molar-refractivity contribution in [2.45, 2.75) is 59.0 Å². The predicted molar refractivity (Wildman–Crippen MR) is 128 cm³/mol. The smallest absolute Gasteiger partial charge is 0.338 e. The minimum Gasteiger partial charge on any atom is -0.458 e. The summed E-state index contributed by atoms with van der Waals surface area (Å²) in [5.41, 5.74) is 1.00. The van der Waals surface area contributed by atoms with Crippen molar-refractivity contribution in [2.75, 3.05) is 6.79 Å². The summed E-state index contributed by atoms with van der Waals surface area (Å²) >= 11 is 0. The Hall–Kier alpha value is -2.89. The first-order chi connectivity index (χ1) is 16.7. The van der Waals surface area contributed by atoms with E-state index < -0.39 is 0 Å². The van der Waals surface area contributed by atoms with Gasteiger partial charge in [0.25, 0.3) is 0 Å². The Morgan fingerprint density at radius 3 is 2.71 bits per heavy atom. The van der Waals surface area contributed by atoms with Gasteiger partial charge in [0.05, 0.1) is 5.56 Å². The number of fused-ring (bicyclic) bond motifs is 6. The second kappa shape index (κ2) is 7.81. The summed E-state index contributed by atoms with van der Waals surface area (Å²) in [6.07, 6.45) is 9.60. The second-order valence-corrected chi connectivity index (χ2v) is 11.5. The highest BCUT2D eigenvalue weighted by Gasteiger charge is 2.63. The third kappa shape index (κ3) is 3.32. The summed E-state index contributed by atoms with van der Waals surface area (Å²) in [5, 5.41) is 0. The molecule has 0 saturated heterocycles. The number of hydrogen-bond acceptors (Lipinski definition) is 6. The van der Waals surface area contributed by atoms with Crippen LogP contribution in [0.15, 0.2) is 42.0 Å². The molecule has 0 amide bonds. The van der Waals surface area contributed by atoms with E-state index in [2.05, 4.69) is 26.0 Å². The summed E-state index contributed by atoms with van der Waals surface area (Å²) in [6, 6.07) is 5.12. The van der Waals surface area contributed by atoms with Crippen LogP contribution in [-0.2, 0) is 14.3 Å². The van der Waals surface area contributed by atoms with Crippen LogP contribution in [0, 0.1) is 34.5 Å². The van der Waals surface area contributed by atoms with Gasteiger partial charge >= 0.3 is 5.97 Å². The van der Waals surface area contributed by atoms with Crippen molar-refractivity contribution in [3.05, 3.63) is 47.6 Å². The van der Waals surface area contributed by atoms with Crippen molar-refractivity contribution in [2.24, 2.45) is 34.5 Å². The van der Waals surface area contributed by atoms with Crippen molar-refractivity contribution < 1.29 is 28.6 Å². The molecule has 7 atom stereocenters. The number of hydrogen-bond donors (Lipinski definition) is 0. The number of esters is 1. The lowest BCUT2D eigenvalue weighted by atomic mass is 9.47. The van der Waals surface area contributed by atoms with Gasteiger partial charge in [-0.15, -0.1) is 0 Å². The van der Waals surface area contributed by atoms with Gasteiger partial charge in [0.2, 0.25) is 6.79 Å². The minimum absolute atomic E-state index is 0.0220. The fourth-order valence-corrected chi connectivity index (χ4v) is 8.10. The Bertz CT molecular complexity index is 1180. The molecule has 184 valence electrons. The molecule has 4 aliphatic carbocycles. The molecule has 5 aliphatic rings. The molecule has 6 rings (SSSR count). The van der Waals surface area contributed by atoms with Gasteiger partial charge in [-0.25, -0.2) is 4.79 Å². The van der Waals surface area contributed by atoms with Gasteiger partial charge in [0, 0.05) is 18.3 Å². The van der Waals surface area contributed by atoms with E-state index in [0.29, 0.717) is 35.8 Å². The maximum atomic E-state index is 13.4. The average molecular weight is 477 g/mol. The zero-order chi connectivity index (χ0) is 24.5. The normalized spacial score (nSPS) is 38.8. The largest absolute Gasteiger partial charge is 0.458 e. The molecule has 2 saturated carbocycles. The first-order valence-electron chi connectivity index (χ1n) is 12.7. The van der Waals surface area contributed by atoms with Crippen LogP contribution in [0.25, 0.3) is 0 Å². The van der Waals surface area contributed by atoms with Crippen LogP contribution >= 0.6 is 0 Å². The molecule has 35 heavy (non-hydrogen) atoms. The highest BCUT2D eigenvalue weighted by Crippen LogP contribution is 2.65.